The van der Waals surface area contributed by atoms with Crippen LogP contribution in [0.15, 0.2) is 45.9 Å². The van der Waals surface area contributed by atoms with E-state index in [2.05, 4.69) is 20.9 Å². The number of benzene rings is 1. The molecule has 1 aromatic heterocycles. The highest BCUT2D eigenvalue weighted by Gasteiger charge is 2.16. The van der Waals surface area contributed by atoms with Crippen molar-refractivity contribution in [2.24, 2.45) is 5.14 Å². The number of hydrogen-bond acceptors (Lipinski definition) is 3. The molecule has 0 unspecified atom stereocenters. The number of H-pyrrole nitrogens is 1. The second kappa shape index (κ2) is 5.39. The van der Waals surface area contributed by atoms with Crippen LogP contribution in [0.1, 0.15) is 10.5 Å². The van der Waals surface area contributed by atoms with Gasteiger partial charge in [0.25, 0.3) is 5.91 Å². The zero-order valence-corrected chi connectivity index (χ0v) is 12.9. The topological polar surface area (TPSA) is 96.3 Å². The molecule has 0 bridgehead atoms. The summed E-state index contributed by atoms with van der Waals surface area (Å²) in [4.78, 5) is 16.4. The SMILES string of the molecule is CN(C(=O)c1cc(Br)c[nH]1)c1ccc(S(N)(=O)=O)cc1. The summed E-state index contributed by atoms with van der Waals surface area (Å²) in [6, 6.07) is 7.43. The summed E-state index contributed by atoms with van der Waals surface area (Å²) in [7, 11) is -2.13. The number of amides is 1. The smallest absolute Gasteiger partial charge is 0.274 e. The van der Waals surface area contributed by atoms with Crippen LogP contribution in [-0.4, -0.2) is 26.4 Å². The maximum Gasteiger partial charge on any atom is 0.274 e. The number of hydrogen-bond donors (Lipinski definition) is 2. The Labute approximate surface area is 124 Å². The molecule has 0 aliphatic rings. The highest BCUT2D eigenvalue weighted by Crippen LogP contribution is 2.19. The van der Waals surface area contributed by atoms with Gasteiger partial charge in [0.05, 0.1) is 4.90 Å². The molecule has 1 amide bonds. The van der Waals surface area contributed by atoms with E-state index in [9.17, 15) is 13.2 Å². The van der Waals surface area contributed by atoms with Gasteiger partial charge in [0, 0.05) is 23.4 Å². The molecule has 20 heavy (non-hydrogen) atoms. The highest BCUT2D eigenvalue weighted by atomic mass is 79.9. The second-order valence-electron chi connectivity index (χ2n) is 4.13. The number of carbonyl (C=O) groups is 1. The fourth-order valence-corrected chi connectivity index (χ4v) is 2.51. The van der Waals surface area contributed by atoms with E-state index >= 15 is 0 Å². The van der Waals surface area contributed by atoms with Crippen molar-refractivity contribution in [2.75, 3.05) is 11.9 Å². The molecular weight excluding hydrogens is 346 g/mol. The summed E-state index contributed by atoms with van der Waals surface area (Å²) in [5.41, 5.74) is 0.989. The molecule has 2 aromatic rings. The third-order valence-electron chi connectivity index (χ3n) is 2.74. The maximum atomic E-state index is 12.2. The van der Waals surface area contributed by atoms with Crippen LogP contribution in [0.3, 0.4) is 0 Å². The highest BCUT2D eigenvalue weighted by molar-refractivity contribution is 9.10. The number of carbonyl (C=O) groups excluding carboxylic acids is 1. The standard InChI is InChI=1S/C12H12BrN3O3S/c1-16(12(17)11-6-8(13)7-15-11)9-2-4-10(5-3-9)20(14,18)19/h2-7,15H,1H3,(H2,14,18,19). The Hall–Kier alpha value is -1.64. The molecule has 1 aromatic carbocycles. The Balaban J connectivity index is 2.25. The molecule has 1 heterocycles. The van der Waals surface area contributed by atoms with Gasteiger partial charge in [-0.2, -0.15) is 0 Å². The van der Waals surface area contributed by atoms with Crippen molar-refractivity contribution in [1.29, 1.82) is 0 Å². The Kier molecular flexibility index (Phi) is 3.98. The first-order valence-electron chi connectivity index (χ1n) is 5.54. The van der Waals surface area contributed by atoms with E-state index in [-0.39, 0.29) is 10.8 Å². The number of nitrogens with two attached hydrogens (primary N) is 1. The van der Waals surface area contributed by atoms with Gasteiger partial charge in [-0.05, 0) is 46.3 Å². The average molecular weight is 358 g/mol. The van der Waals surface area contributed by atoms with Gasteiger partial charge >= 0.3 is 0 Å². The number of rotatable bonds is 3. The minimum absolute atomic E-state index is 0.00437. The van der Waals surface area contributed by atoms with E-state index < -0.39 is 10.0 Å². The van der Waals surface area contributed by atoms with Gasteiger partial charge in [0.1, 0.15) is 5.69 Å². The van der Waals surface area contributed by atoms with E-state index in [1.165, 1.54) is 29.2 Å². The van der Waals surface area contributed by atoms with Gasteiger partial charge in [-0.3, -0.25) is 4.79 Å². The molecule has 6 nitrogen and oxygen atoms in total. The van der Waals surface area contributed by atoms with Crippen molar-refractivity contribution >= 4 is 37.5 Å². The molecule has 0 atom stereocenters. The molecule has 106 valence electrons. The Morgan fingerprint density at radius 3 is 2.35 bits per heavy atom. The van der Waals surface area contributed by atoms with Crippen molar-refractivity contribution in [3.8, 4) is 0 Å². The van der Waals surface area contributed by atoms with Crippen LogP contribution in [0.2, 0.25) is 0 Å². The predicted molar refractivity (Wildman–Crippen MR) is 79.0 cm³/mol. The normalized spacial score (nSPS) is 11.3. The Morgan fingerprint density at radius 2 is 1.90 bits per heavy atom. The quantitative estimate of drug-likeness (QED) is 0.874. The van der Waals surface area contributed by atoms with Crippen molar-refractivity contribution in [3.05, 3.63) is 46.7 Å². The van der Waals surface area contributed by atoms with E-state index in [1.807, 2.05) is 0 Å². The molecule has 8 heteroatoms. The first-order valence-corrected chi connectivity index (χ1v) is 7.88. The number of sulfonamides is 1. The number of aromatic amines is 1. The molecule has 0 saturated heterocycles. The minimum atomic E-state index is -3.73. The maximum absolute atomic E-state index is 12.2. The lowest BCUT2D eigenvalue weighted by atomic mass is 10.3. The number of anilines is 1. The lowest BCUT2D eigenvalue weighted by molar-refractivity contribution is 0.0989. The van der Waals surface area contributed by atoms with Gasteiger partial charge in [0.2, 0.25) is 10.0 Å². The molecule has 0 fully saturated rings. The Morgan fingerprint density at radius 1 is 1.30 bits per heavy atom. The van der Waals surface area contributed by atoms with E-state index in [1.54, 1.807) is 19.3 Å². The van der Waals surface area contributed by atoms with E-state index in [0.29, 0.717) is 11.4 Å². The molecule has 2 rings (SSSR count). The fraction of sp³-hybridized carbons (Fsp3) is 0.0833. The molecule has 3 N–H and O–H groups in total. The number of primary sulfonamides is 1. The molecule has 0 aliphatic carbocycles. The number of nitrogens with one attached hydrogen (secondary N) is 1. The average Bonchev–Trinajstić information content (AvgIpc) is 2.83. The van der Waals surface area contributed by atoms with Gasteiger partial charge in [-0.15, -0.1) is 0 Å². The molecular formula is C12H12BrN3O3S. The van der Waals surface area contributed by atoms with Crippen LogP contribution in [0.5, 0.6) is 0 Å². The van der Waals surface area contributed by atoms with Crippen LogP contribution in [0.4, 0.5) is 5.69 Å². The number of halogens is 1. The molecule has 0 aliphatic heterocycles. The number of aromatic nitrogens is 1. The fourth-order valence-electron chi connectivity index (χ4n) is 1.65. The van der Waals surface area contributed by atoms with Crippen molar-refractivity contribution in [1.82, 2.24) is 4.98 Å². The first-order chi connectivity index (χ1) is 9.29. The lowest BCUT2D eigenvalue weighted by Crippen LogP contribution is -2.26. The summed E-state index contributed by atoms with van der Waals surface area (Å²) in [6.45, 7) is 0. The van der Waals surface area contributed by atoms with Crippen LogP contribution in [0.25, 0.3) is 0 Å². The van der Waals surface area contributed by atoms with E-state index in [4.69, 9.17) is 5.14 Å². The van der Waals surface area contributed by atoms with Gasteiger partial charge in [-0.1, -0.05) is 0 Å². The largest absolute Gasteiger partial charge is 0.356 e. The van der Waals surface area contributed by atoms with Gasteiger partial charge in [-0.25, -0.2) is 13.6 Å². The number of nitrogens with zero attached hydrogens (tertiary/aromatic N) is 1. The molecule has 0 spiro atoms. The van der Waals surface area contributed by atoms with Crippen molar-refractivity contribution < 1.29 is 13.2 Å². The molecule has 0 radical (unpaired) electrons. The van der Waals surface area contributed by atoms with Gasteiger partial charge in [0.15, 0.2) is 0 Å². The predicted octanol–water partition coefficient (Wildman–Crippen LogP) is 1.70. The third kappa shape index (κ3) is 3.09. The van der Waals surface area contributed by atoms with Crippen LogP contribution >= 0.6 is 15.9 Å². The second-order valence-corrected chi connectivity index (χ2v) is 6.61. The summed E-state index contributed by atoms with van der Waals surface area (Å²) in [5, 5.41) is 5.02. The van der Waals surface area contributed by atoms with Crippen molar-refractivity contribution in [3.63, 3.8) is 0 Å². The van der Waals surface area contributed by atoms with E-state index in [0.717, 1.165) is 4.47 Å². The van der Waals surface area contributed by atoms with Crippen LogP contribution in [-0.2, 0) is 10.0 Å². The van der Waals surface area contributed by atoms with Gasteiger partial charge < -0.3 is 9.88 Å². The monoisotopic (exact) mass is 357 g/mol. The third-order valence-corrected chi connectivity index (χ3v) is 4.12. The van der Waals surface area contributed by atoms with Crippen LogP contribution in [0, 0.1) is 0 Å². The zero-order valence-electron chi connectivity index (χ0n) is 10.5. The summed E-state index contributed by atoms with van der Waals surface area (Å²) in [5.74, 6) is -0.237. The summed E-state index contributed by atoms with van der Waals surface area (Å²) < 4.78 is 23.1. The first kappa shape index (κ1) is 14.8. The molecule has 0 saturated carbocycles. The van der Waals surface area contributed by atoms with Crippen molar-refractivity contribution in [2.45, 2.75) is 4.90 Å². The Bertz CT molecular complexity index is 738. The van der Waals surface area contributed by atoms with Crippen LogP contribution < -0.4 is 10.0 Å². The lowest BCUT2D eigenvalue weighted by Gasteiger charge is -2.16. The summed E-state index contributed by atoms with van der Waals surface area (Å²) >= 11 is 3.25. The minimum Gasteiger partial charge on any atom is -0.356 e. The zero-order chi connectivity index (χ0) is 14.9. The summed E-state index contributed by atoms with van der Waals surface area (Å²) in [6.07, 6.45) is 1.66.